The molecule has 0 N–H and O–H groups in total. The number of carbonyl (C=O) groups is 2. The Labute approximate surface area is 174 Å². The van der Waals surface area contributed by atoms with Gasteiger partial charge in [0.1, 0.15) is 4.32 Å². The molecule has 3 rings (SSSR count). The quantitative estimate of drug-likeness (QED) is 0.493. The average molecular weight is 442 g/mol. The monoisotopic (exact) mass is 441 g/mol. The van der Waals surface area contributed by atoms with Crippen LogP contribution in [0.2, 0.25) is 0 Å². The lowest BCUT2D eigenvalue weighted by atomic mass is 10.2. The van der Waals surface area contributed by atoms with Gasteiger partial charge in [-0.1, -0.05) is 24.0 Å². The van der Waals surface area contributed by atoms with E-state index in [0.29, 0.717) is 22.2 Å². The summed E-state index contributed by atoms with van der Waals surface area (Å²) in [6.07, 6.45) is 4.29. The van der Waals surface area contributed by atoms with E-state index < -0.39 is 9.84 Å². The van der Waals surface area contributed by atoms with Gasteiger partial charge in [0.15, 0.2) is 9.84 Å². The molecule has 152 valence electrons. The molecule has 0 saturated carbocycles. The molecule has 0 aliphatic carbocycles. The lowest BCUT2D eigenvalue weighted by Gasteiger charge is -2.27. The normalized spacial score (nSPS) is 23.0. The third-order valence-electron chi connectivity index (χ3n) is 5.00. The van der Waals surface area contributed by atoms with E-state index in [-0.39, 0.29) is 42.3 Å². The fourth-order valence-corrected chi connectivity index (χ4v) is 6.49. The number of thiocarbonyl (C=S) groups is 1. The number of thioether (sulfide) groups is 1. The highest BCUT2D eigenvalue weighted by Gasteiger charge is 2.36. The third-order valence-corrected chi connectivity index (χ3v) is 8.12. The van der Waals surface area contributed by atoms with E-state index in [1.54, 1.807) is 11.0 Å². The summed E-state index contributed by atoms with van der Waals surface area (Å²) >= 11 is 6.55. The molecule has 7 nitrogen and oxygen atoms in total. The van der Waals surface area contributed by atoms with Crippen molar-refractivity contribution in [1.82, 2.24) is 14.4 Å². The van der Waals surface area contributed by atoms with E-state index in [2.05, 4.69) is 0 Å². The van der Waals surface area contributed by atoms with Crippen LogP contribution in [0.15, 0.2) is 23.2 Å². The van der Waals surface area contributed by atoms with Gasteiger partial charge in [0.05, 0.1) is 16.4 Å². The summed E-state index contributed by atoms with van der Waals surface area (Å²) in [6.45, 7) is 2.49. The topological polar surface area (TPSA) is 79.7 Å². The molecule has 2 fully saturated rings. The second-order valence-electron chi connectivity index (χ2n) is 6.86. The van der Waals surface area contributed by atoms with Gasteiger partial charge in [-0.15, -0.1) is 0 Å². The summed E-state index contributed by atoms with van der Waals surface area (Å²) in [5, 5.41) is 0. The number of hydrogen-bond acceptors (Lipinski definition) is 6. The van der Waals surface area contributed by atoms with Crippen molar-refractivity contribution >= 4 is 56.0 Å². The largest absolute Gasteiger partial charge is 0.351 e. The minimum Gasteiger partial charge on any atom is -0.351 e. The molecule has 2 amide bonds. The minimum atomic E-state index is -3.06. The van der Waals surface area contributed by atoms with Gasteiger partial charge in [-0.3, -0.25) is 14.5 Å². The molecular formula is C18H23N3O4S3. The van der Waals surface area contributed by atoms with Gasteiger partial charge < -0.3 is 9.47 Å². The Hall–Kier alpha value is -1.65. The van der Waals surface area contributed by atoms with Gasteiger partial charge in [0, 0.05) is 44.5 Å². The molecule has 0 aromatic carbocycles. The second kappa shape index (κ2) is 8.38. The van der Waals surface area contributed by atoms with Crippen LogP contribution in [0.5, 0.6) is 0 Å². The lowest BCUT2D eigenvalue weighted by Crippen LogP contribution is -2.42. The van der Waals surface area contributed by atoms with E-state index in [0.717, 1.165) is 5.69 Å². The van der Waals surface area contributed by atoms with Gasteiger partial charge in [-0.2, -0.15) is 0 Å². The Kier molecular flexibility index (Phi) is 6.31. The number of rotatable bonds is 6. The molecule has 28 heavy (non-hydrogen) atoms. The van der Waals surface area contributed by atoms with Crippen LogP contribution in [-0.4, -0.2) is 69.6 Å². The van der Waals surface area contributed by atoms with Gasteiger partial charge in [-0.05, 0) is 31.6 Å². The lowest BCUT2D eigenvalue weighted by molar-refractivity contribution is -0.133. The zero-order chi connectivity index (χ0) is 20.5. The Morgan fingerprint density at radius 3 is 2.79 bits per heavy atom. The van der Waals surface area contributed by atoms with E-state index in [4.69, 9.17) is 12.2 Å². The van der Waals surface area contributed by atoms with Crippen LogP contribution in [0, 0.1) is 0 Å². The maximum absolute atomic E-state index is 12.7. The summed E-state index contributed by atoms with van der Waals surface area (Å²) in [5.41, 5.74) is 0.899. The predicted octanol–water partition coefficient (Wildman–Crippen LogP) is 1.65. The van der Waals surface area contributed by atoms with Crippen LogP contribution in [0.3, 0.4) is 0 Å². The maximum Gasteiger partial charge on any atom is 0.266 e. The zero-order valence-corrected chi connectivity index (χ0v) is 18.3. The number of amides is 2. The minimum absolute atomic E-state index is 0.0209. The first-order chi connectivity index (χ1) is 13.2. The number of nitrogens with zero attached hydrogens (tertiary/aromatic N) is 3. The molecule has 2 aliphatic rings. The van der Waals surface area contributed by atoms with Gasteiger partial charge >= 0.3 is 0 Å². The summed E-state index contributed by atoms with van der Waals surface area (Å²) in [5.74, 6) is -0.201. The molecule has 1 atom stereocenters. The van der Waals surface area contributed by atoms with Gasteiger partial charge in [-0.25, -0.2) is 8.42 Å². The second-order valence-corrected chi connectivity index (χ2v) is 10.8. The van der Waals surface area contributed by atoms with Crippen LogP contribution < -0.4 is 0 Å². The Bertz CT molecular complexity index is 936. The Balaban J connectivity index is 1.63. The summed E-state index contributed by atoms with van der Waals surface area (Å²) < 4.78 is 25.8. The van der Waals surface area contributed by atoms with Crippen LogP contribution in [-0.2, 0) is 26.5 Å². The predicted molar refractivity (Wildman–Crippen MR) is 114 cm³/mol. The van der Waals surface area contributed by atoms with Crippen molar-refractivity contribution in [2.24, 2.45) is 7.05 Å². The SMILES string of the molecule is CCN(C(=O)CCN1C(=O)C(=Cc2cccn2C)SC1=S)C1CCS(=O)(=O)C1. The number of carbonyl (C=O) groups excluding carboxylic acids is 2. The first kappa shape index (κ1) is 21.1. The highest BCUT2D eigenvalue weighted by Crippen LogP contribution is 2.32. The first-order valence-electron chi connectivity index (χ1n) is 9.08. The molecule has 0 spiro atoms. The molecular weight excluding hydrogens is 418 g/mol. The number of aromatic nitrogens is 1. The van der Waals surface area contributed by atoms with E-state index in [9.17, 15) is 18.0 Å². The first-order valence-corrected chi connectivity index (χ1v) is 12.1. The van der Waals surface area contributed by atoms with E-state index in [1.807, 2.05) is 36.9 Å². The standard InChI is InChI=1S/C18H23N3O4S3/c1-3-20(14-7-10-28(24,25)12-14)16(22)6-9-21-17(23)15(27-18(21)26)11-13-5-4-8-19(13)2/h4-5,8,11,14H,3,6-7,9-10,12H2,1-2H3. The number of sulfone groups is 1. The van der Waals surface area contributed by atoms with Gasteiger partial charge in [0.25, 0.3) is 5.91 Å². The van der Waals surface area contributed by atoms with Crippen LogP contribution in [0.4, 0.5) is 0 Å². The van der Waals surface area contributed by atoms with Crippen LogP contribution in [0.1, 0.15) is 25.5 Å². The third kappa shape index (κ3) is 4.49. The molecule has 2 saturated heterocycles. The van der Waals surface area contributed by atoms with Crippen molar-refractivity contribution in [3.05, 3.63) is 28.9 Å². The Morgan fingerprint density at radius 2 is 2.21 bits per heavy atom. The Morgan fingerprint density at radius 1 is 1.46 bits per heavy atom. The average Bonchev–Trinajstić information content (AvgIpc) is 3.27. The highest BCUT2D eigenvalue weighted by molar-refractivity contribution is 8.26. The van der Waals surface area contributed by atoms with Crippen molar-refractivity contribution < 1.29 is 18.0 Å². The van der Waals surface area contributed by atoms with Crippen LogP contribution in [0.25, 0.3) is 6.08 Å². The van der Waals surface area contributed by atoms with Crippen molar-refractivity contribution in [2.75, 3.05) is 24.6 Å². The molecule has 1 aromatic rings. The molecule has 3 heterocycles. The molecule has 2 aliphatic heterocycles. The molecule has 0 radical (unpaired) electrons. The molecule has 1 aromatic heterocycles. The molecule has 0 bridgehead atoms. The van der Waals surface area contributed by atoms with Crippen molar-refractivity contribution in [2.45, 2.75) is 25.8 Å². The summed E-state index contributed by atoms with van der Waals surface area (Å²) in [7, 11) is -1.16. The summed E-state index contributed by atoms with van der Waals surface area (Å²) in [6, 6.07) is 3.53. The van der Waals surface area contributed by atoms with E-state index in [1.165, 1.54) is 16.7 Å². The fraction of sp³-hybridized carbons (Fsp3) is 0.500. The molecule has 1 unspecified atom stereocenters. The smallest absolute Gasteiger partial charge is 0.266 e. The fourth-order valence-electron chi connectivity index (χ4n) is 3.46. The van der Waals surface area contributed by atoms with E-state index >= 15 is 0 Å². The van der Waals surface area contributed by atoms with Crippen molar-refractivity contribution in [3.63, 3.8) is 0 Å². The zero-order valence-electron chi connectivity index (χ0n) is 15.8. The van der Waals surface area contributed by atoms with Gasteiger partial charge in [0.2, 0.25) is 5.91 Å². The molecule has 10 heteroatoms. The number of hydrogen-bond donors (Lipinski definition) is 0. The number of aryl methyl sites for hydroxylation is 1. The van der Waals surface area contributed by atoms with Crippen molar-refractivity contribution in [1.29, 1.82) is 0 Å². The van der Waals surface area contributed by atoms with Crippen LogP contribution >= 0.6 is 24.0 Å². The summed E-state index contributed by atoms with van der Waals surface area (Å²) in [4.78, 5) is 28.9. The highest BCUT2D eigenvalue weighted by atomic mass is 32.2. The van der Waals surface area contributed by atoms with Crippen molar-refractivity contribution in [3.8, 4) is 0 Å². The maximum atomic E-state index is 12.7.